The van der Waals surface area contributed by atoms with Crippen LogP contribution in [0.1, 0.15) is 46.2 Å². The topological polar surface area (TPSA) is 16.4 Å². The molecule has 9 aromatic rings. The van der Waals surface area contributed by atoms with Gasteiger partial charge in [-0.1, -0.05) is 140 Å². The van der Waals surface area contributed by atoms with Crippen LogP contribution in [0.2, 0.25) is 0 Å². The van der Waals surface area contributed by atoms with Crippen LogP contribution in [0.5, 0.6) is 0 Å². The van der Waals surface area contributed by atoms with Gasteiger partial charge in [-0.05, 0) is 123 Å². The monoisotopic (exact) mass is 703 g/mol. The zero-order valence-electron chi connectivity index (χ0n) is 30.4. The zero-order valence-corrected chi connectivity index (χ0v) is 30.4. The van der Waals surface area contributed by atoms with Gasteiger partial charge < -0.3 is 9.32 Å². The molecular weight excluding hydrogens is 667 g/mol. The first-order chi connectivity index (χ1) is 27.3. The van der Waals surface area contributed by atoms with E-state index in [2.05, 4.69) is 181 Å². The van der Waals surface area contributed by atoms with E-state index in [0.29, 0.717) is 0 Å². The van der Waals surface area contributed by atoms with Gasteiger partial charge in [0.15, 0.2) is 5.58 Å². The first-order valence-electron chi connectivity index (χ1n) is 19.6. The van der Waals surface area contributed by atoms with E-state index in [0.717, 1.165) is 51.8 Å². The van der Waals surface area contributed by atoms with Crippen LogP contribution in [0.25, 0.3) is 55.3 Å². The third kappa shape index (κ3) is 4.25. The van der Waals surface area contributed by atoms with Gasteiger partial charge in [0, 0.05) is 22.0 Å². The Kier molecular flexibility index (Phi) is 6.54. The van der Waals surface area contributed by atoms with E-state index in [1.807, 2.05) is 0 Å². The highest BCUT2D eigenvalue weighted by Gasteiger charge is 2.52. The molecule has 0 saturated carbocycles. The molecule has 0 N–H and O–H groups in total. The molecule has 1 heterocycles. The number of nitrogens with zero attached hydrogens (tertiary/aromatic N) is 1. The van der Waals surface area contributed by atoms with Gasteiger partial charge in [0.05, 0.1) is 16.8 Å². The van der Waals surface area contributed by atoms with Crippen molar-refractivity contribution >= 4 is 39.0 Å². The molecule has 0 unspecified atom stereocenters. The molecule has 0 amide bonds. The smallest absolute Gasteiger partial charge is 0.159 e. The van der Waals surface area contributed by atoms with Crippen molar-refractivity contribution in [2.45, 2.75) is 31.1 Å². The molecular formula is C53H37NO. The number of rotatable bonds is 4. The van der Waals surface area contributed by atoms with Crippen molar-refractivity contribution in [2.75, 3.05) is 4.90 Å². The summed E-state index contributed by atoms with van der Waals surface area (Å²) >= 11 is 0. The van der Waals surface area contributed by atoms with Gasteiger partial charge in [-0.15, -0.1) is 0 Å². The third-order valence-electron chi connectivity index (χ3n) is 12.7. The molecule has 0 fully saturated rings. The second-order valence-corrected chi connectivity index (χ2v) is 15.4. The summed E-state index contributed by atoms with van der Waals surface area (Å²) in [6, 6.07) is 65.5. The number of para-hydroxylation sites is 3. The van der Waals surface area contributed by atoms with Crippen molar-refractivity contribution < 1.29 is 4.42 Å². The van der Waals surface area contributed by atoms with E-state index < -0.39 is 5.41 Å². The summed E-state index contributed by atoms with van der Waals surface area (Å²) < 4.78 is 6.82. The number of furan rings is 1. The summed E-state index contributed by atoms with van der Waals surface area (Å²) in [6.07, 6.45) is 4.79. The fourth-order valence-electron chi connectivity index (χ4n) is 10.3. The molecule has 12 rings (SSSR count). The Balaban J connectivity index is 1.23. The zero-order chi connectivity index (χ0) is 36.1. The maximum absolute atomic E-state index is 6.82. The summed E-state index contributed by atoms with van der Waals surface area (Å²) in [5, 5.41) is 2.25. The second-order valence-electron chi connectivity index (χ2n) is 15.4. The maximum Gasteiger partial charge on any atom is 0.159 e. The number of hydrogen-bond acceptors (Lipinski definition) is 2. The molecule has 55 heavy (non-hydrogen) atoms. The van der Waals surface area contributed by atoms with E-state index in [9.17, 15) is 0 Å². The van der Waals surface area contributed by atoms with Crippen molar-refractivity contribution in [2.24, 2.45) is 0 Å². The van der Waals surface area contributed by atoms with Gasteiger partial charge in [-0.2, -0.15) is 0 Å². The van der Waals surface area contributed by atoms with Crippen molar-refractivity contribution in [3.05, 3.63) is 209 Å². The quantitative estimate of drug-likeness (QED) is 0.181. The minimum Gasteiger partial charge on any atom is -0.454 e. The highest BCUT2D eigenvalue weighted by atomic mass is 16.3. The Morgan fingerprint density at radius 3 is 1.78 bits per heavy atom. The number of fused-ring (bicyclic) bond motifs is 14. The van der Waals surface area contributed by atoms with Gasteiger partial charge >= 0.3 is 0 Å². The van der Waals surface area contributed by atoms with Gasteiger partial charge in [0.1, 0.15) is 5.58 Å². The molecule has 2 nitrogen and oxygen atoms in total. The average molecular weight is 704 g/mol. The first-order valence-corrected chi connectivity index (χ1v) is 19.6. The van der Waals surface area contributed by atoms with Crippen LogP contribution >= 0.6 is 0 Å². The van der Waals surface area contributed by atoms with Crippen LogP contribution < -0.4 is 4.90 Å². The lowest BCUT2D eigenvalue weighted by Crippen LogP contribution is -2.26. The SMILES string of the molecule is c1ccc(N(c2cc3c(cc2-c2ccc4c(c2)CCCC4)-c2ccccc2C32c3ccccc3-c3ccccc32)c2cccc3c2oc2ccccc23)cc1. The van der Waals surface area contributed by atoms with Crippen molar-refractivity contribution in [3.8, 4) is 33.4 Å². The summed E-state index contributed by atoms with van der Waals surface area (Å²) in [5.74, 6) is 0. The van der Waals surface area contributed by atoms with E-state index in [1.54, 1.807) is 0 Å². The Morgan fingerprint density at radius 2 is 1.04 bits per heavy atom. The molecule has 0 bridgehead atoms. The van der Waals surface area contributed by atoms with Gasteiger partial charge in [0.25, 0.3) is 0 Å². The highest BCUT2D eigenvalue weighted by molar-refractivity contribution is 6.11. The van der Waals surface area contributed by atoms with Crippen molar-refractivity contribution in [3.63, 3.8) is 0 Å². The van der Waals surface area contributed by atoms with Gasteiger partial charge in [-0.25, -0.2) is 0 Å². The predicted octanol–water partition coefficient (Wildman–Crippen LogP) is 13.9. The normalized spacial score (nSPS) is 14.4. The first kappa shape index (κ1) is 30.8. The summed E-state index contributed by atoms with van der Waals surface area (Å²) in [5.41, 5.74) is 20.6. The summed E-state index contributed by atoms with van der Waals surface area (Å²) in [4.78, 5) is 2.46. The molecule has 3 aliphatic carbocycles. The molecule has 3 aliphatic rings. The molecule has 2 heteroatoms. The second kappa shape index (κ2) is 11.7. The lowest BCUT2D eigenvalue weighted by atomic mass is 9.70. The molecule has 260 valence electrons. The largest absolute Gasteiger partial charge is 0.454 e. The summed E-state index contributed by atoms with van der Waals surface area (Å²) in [7, 11) is 0. The fourth-order valence-corrected chi connectivity index (χ4v) is 10.3. The molecule has 0 atom stereocenters. The molecule has 0 radical (unpaired) electrons. The van der Waals surface area contributed by atoms with Crippen molar-refractivity contribution in [1.29, 1.82) is 0 Å². The predicted molar refractivity (Wildman–Crippen MR) is 227 cm³/mol. The van der Waals surface area contributed by atoms with Gasteiger partial charge in [0.2, 0.25) is 0 Å². The molecule has 1 spiro atoms. The van der Waals surface area contributed by atoms with E-state index in [-0.39, 0.29) is 0 Å². The van der Waals surface area contributed by atoms with E-state index >= 15 is 0 Å². The number of hydrogen-bond donors (Lipinski definition) is 0. The van der Waals surface area contributed by atoms with E-state index in [4.69, 9.17) is 4.42 Å². The minimum absolute atomic E-state index is 0.462. The van der Waals surface area contributed by atoms with Crippen LogP contribution in [0.15, 0.2) is 180 Å². The minimum atomic E-state index is -0.462. The third-order valence-corrected chi connectivity index (χ3v) is 12.7. The number of benzene rings is 8. The van der Waals surface area contributed by atoms with Crippen molar-refractivity contribution in [1.82, 2.24) is 0 Å². The average Bonchev–Trinajstić information content (AvgIpc) is 3.88. The standard InChI is InChI=1S/C53H37NO/c1-2-17-37(18-3-1)54(49-27-14-23-42-41-22-9-13-28-51(41)55-52(42)49)50-33-48-44(32-43(50)36-30-29-34-15-4-5-16-35(34)31-36)40-21-8-12-26-47(40)53(48)45-24-10-6-19-38(45)39-20-7-11-25-46(39)53/h1-3,6-14,17-33H,4-5,15-16H2. The molecule has 0 saturated heterocycles. The van der Waals surface area contributed by atoms with Crippen LogP contribution in [0, 0.1) is 0 Å². The molecule has 0 aliphatic heterocycles. The van der Waals surface area contributed by atoms with Gasteiger partial charge in [-0.3, -0.25) is 0 Å². The molecule has 1 aromatic heterocycles. The fraction of sp³-hybridized carbons (Fsp3) is 0.0943. The number of aryl methyl sites for hydroxylation is 2. The van der Waals surface area contributed by atoms with Crippen LogP contribution in [0.3, 0.4) is 0 Å². The lowest BCUT2D eigenvalue weighted by Gasteiger charge is -2.33. The summed E-state index contributed by atoms with van der Waals surface area (Å²) in [6.45, 7) is 0. The van der Waals surface area contributed by atoms with E-state index in [1.165, 1.54) is 79.6 Å². The maximum atomic E-state index is 6.82. The van der Waals surface area contributed by atoms with Crippen LogP contribution in [0.4, 0.5) is 17.1 Å². The Labute approximate surface area is 320 Å². The van der Waals surface area contributed by atoms with Crippen LogP contribution in [-0.2, 0) is 18.3 Å². The highest BCUT2D eigenvalue weighted by Crippen LogP contribution is 2.64. The lowest BCUT2D eigenvalue weighted by molar-refractivity contribution is 0.669. The Bertz CT molecular complexity index is 2960. The number of anilines is 3. The Hall–Kier alpha value is -6.64. The van der Waals surface area contributed by atoms with Crippen LogP contribution in [-0.4, -0.2) is 0 Å². The Morgan fingerprint density at radius 1 is 0.418 bits per heavy atom. The molecule has 8 aromatic carbocycles.